The molecular weight excluding hydrogens is 250 g/mol. The second-order valence-electron chi connectivity index (χ2n) is 5.32. The van der Waals surface area contributed by atoms with Crippen LogP contribution in [0.4, 0.5) is 0 Å². The molecule has 1 saturated heterocycles. The van der Waals surface area contributed by atoms with Gasteiger partial charge < -0.3 is 10.2 Å². The number of sulfonamides is 1. The Morgan fingerprint density at radius 2 is 2.06 bits per heavy atom. The zero-order valence-electron chi connectivity index (χ0n) is 11.8. The smallest absolute Gasteiger partial charge is 0.213 e. The minimum atomic E-state index is -3.14. The van der Waals surface area contributed by atoms with E-state index in [4.69, 9.17) is 0 Å². The van der Waals surface area contributed by atoms with Crippen LogP contribution >= 0.6 is 0 Å². The Labute approximate surface area is 111 Å². The highest BCUT2D eigenvalue weighted by molar-refractivity contribution is 7.89. The highest BCUT2D eigenvalue weighted by atomic mass is 32.2. The molecular formula is C12H27N3O2S. The molecule has 0 aromatic carbocycles. The van der Waals surface area contributed by atoms with E-state index in [9.17, 15) is 8.42 Å². The van der Waals surface area contributed by atoms with Crippen LogP contribution in [0.25, 0.3) is 0 Å². The molecule has 1 aliphatic rings. The maximum atomic E-state index is 11.9. The maximum Gasteiger partial charge on any atom is 0.213 e. The summed E-state index contributed by atoms with van der Waals surface area (Å²) < 4.78 is 26.7. The summed E-state index contributed by atoms with van der Waals surface area (Å²) >= 11 is 0. The van der Waals surface area contributed by atoms with Crippen LogP contribution in [0.5, 0.6) is 0 Å². The fourth-order valence-electron chi connectivity index (χ4n) is 2.33. The predicted octanol–water partition coefficient (Wildman–Crippen LogP) is 0.246. The molecule has 2 N–H and O–H groups in total. The lowest BCUT2D eigenvalue weighted by Gasteiger charge is -2.34. The van der Waals surface area contributed by atoms with Crippen LogP contribution in [0.3, 0.4) is 0 Å². The summed E-state index contributed by atoms with van der Waals surface area (Å²) in [5.74, 6) is 0.550. The number of likely N-dealkylation sites (tertiary alicyclic amines) is 1. The molecule has 5 nitrogen and oxygen atoms in total. The van der Waals surface area contributed by atoms with Gasteiger partial charge in [-0.25, -0.2) is 13.1 Å². The molecule has 2 unspecified atom stereocenters. The van der Waals surface area contributed by atoms with Gasteiger partial charge in [-0.15, -0.1) is 0 Å². The summed E-state index contributed by atoms with van der Waals surface area (Å²) in [6.07, 6.45) is 1.93. The van der Waals surface area contributed by atoms with Gasteiger partial charge in [0.25, 0.3) is 0 Å². The normalized spacial score (nSPS) is 26.4. The van der Waals surface area contributed by atoms with E-state index in [-0.39, 0.29) is 11.8 Å². The molecule has 0 aromatic rings. The van der Waals surface area contributed by atoms with Gasteiger partial charge in [0.15, 0.2) is 0 Å². The summed E-state index contributed by atoms with van der Waals surface area (Å²) in [6, 6.07) is 0.0948. The summed E-state index contributed by atoms with van der Waals surface area (Å²) in [6.45, 7) is 7.51. The fourth-order valence-corrected chi connectivity index (χ4v) is 3.67. The van der Waals surface area contributed by atoms with Gasteiger partial charge in [-0.2, -0.15) is 0 Å². The summed E-state index contributed by atoms with van der Waals surface area (Å²) in [4.78, 5) is 2.25. The van der Waals surface area contributed by atoms with Crippen molar-refractivity contribution in [2.45, 2.75) is 32.7 Å². The molecule has 1 aliphatic heterocycles. The number of hydrogen-bond donors (Lipinski definition) is 2. The van der Waals surface area contributed by atoms with Crippen LogP contribution in [0.1, 0.15) is 26.7 Å². The van der Waals surface area contributed by atoms with Crippen molar-refractivity contribution in [3.8, 4) is 0 Å². The van der Waals surface area contributed by atoms with E-state index in [1.165, 1.54) is 0 Å². The third-order valence-corrected chi connectivity index (χ3v) is 4.82. The Balaban J connectivity index is 2.35. The second-order valence-corrected chi connectivity index (χ2v) is 7.19. The van der Waals surface area contributed by atoms with E-state index in [0.29, 0.717) is 12.5 Å². The summed E-state index contributed by atoms with van der Waals surface area (Å²) in [5, 5.41) is 3.12. The number of rotatable bonds is 7. The molecule has 0 spiro atoms. The van der Waals surface area contributed by atoms with Crippen molar-refractivity contribution in [1.82, 2.24) is 14.9 Å². The number of hydrogen-bond acceptors (Lipinski definition) is 4. The first-order valence-corrected chi connectivity index (χ1v) is 8.49. The van der Waals surface area contributed by atoms with E-state index < -0.39 is 10.0 Å². The first-order valence-electron chi connectivity index (χ1n) is 6.84. The van der Waals surface area contributed by atoms with Gasteiger partial charge in [-0.3, -0.25) is 0 Å². The first-order chi connectivity index (χ1) is 8.44. The highest BCUT2D eigenvalue weighted by Gasteiger charge is 2.27. The van der Waals surface area contributed by atoms with Crippen molar-refractivity contribution in [3.63, 3.8) is 0 Å². The largest absolute Gasteiger partial charge is 0.316 e. The molecule has 18 heavy (non-hydrogen) atoms. The lowest BCUT2D eigenvalue weighted by molar-refractivity contribution is 0.188. The molecule has 0 aromatic heterocycles. The average Bonchev–Trinajstić information content (AvgIpc) is 2.28. The SMILES string of the molecule is CCCNCCS(=O)(=O)NC1CCN(C)CC1C. The van der Waals surface area contributed by atoms with Crippen LogP contribution < -0.4 is 10.0 Å². The van der Waals surface area contributed by atoms with Gasteiger partial charge in [0.2, 0.25) is 10.0 Å². The Kier molecular flexibility index (Phi) is 6.55. The van der Waals surface area contributed by atoms with Gasteiger partial charge in [0.05, 0.1) is 5.75 Å². The molecule has 0 saturated carbocycles. The van der Waals surface area contributed by atoms with Crippen LogP contribution in [-0.2, 0) is 10.0 Å². The summed E-state index contributed by atoms with van der Waals surface area (Å²) in [7, 11) is -1.06. The Morgan fingerprint density at radius 3 is 2.67 bits per heavy atom. The molecule has 1 rings (SSSR count). The zero-order chi connectivity index (χ0) is 13.6. The van der Waals surface area contributed by atoms with Gasteiger partial charge in [0.1, 0.15) is 0 Å². The standard InChI is InChI=1S/C12H27N3O2S/c1-4-6-13-7-9-18(16,17)14-12-5-8-15(3)10-11(12)2/h11-14H,4-10H2,1-3H3. The third kappa shape index (κ3) is 5.65. The monoisotopic (exact) mass is 277 g/mol. The Bertz CT molecular complexity index is 332. The predicted molar refractivity (Wildman–Crippen MR) is 75.1 cm³/mol. The van der Waals surface area contributed by atoms with Gasteiger partial charge in [-0.05, 0) is 38.9 Å². The minimum absolute atomic E-state index is 0.0948. The van der Waals surface area contributed by atoms with Crippen molar-refractivity contribution in [3.05, 3.63) is 0 Å². The summed E-state index contributed by atoms with van der Waals surface area (Å²) in [5.41, 5.74) is 0. The van der Waals surface area contributed by atoms with Crippen LogP contribution in [0, 0.1) is 5.92 Å². The zero-order valence-corrected chi connectivity index (χ0v) is 12.6. The van der Waals surface area contributed by atoms with Crippen molar-refractivity contribution in [2.24, 2.45) is 5.92 Å². The molecule has 2 atom stereocenters. The molecule has 6 heteroatoms. The first kappa shape index (κ1) is 15.9. The van der Waals surface area contributed by atoms with Gasteiger partial charge in [-0.1, -0.05) is 13.8 Å². The van der Waals surface area contributed by atoms with E-state index in [1.54, 1.807) is 0 Å². The lowest BCUT2D eigenvalue weighted by atomic mass is 9.95. The van der Waals surface area contributed by atoms with Crippen molar-refractivity contribution >= 4 is 10.0 Å². The van der Waals surface area contributed by atoms with Crippen molar-refractivity contribution in [1.29, 1.82) is 0 Å². The molecule has 0 amide bonds. The van der Waals surface area contributed by atoms with Gasteiger partial charge >= 0.3 is 0 Å². The van der Waals surface area contributed by atoms with E-state index >= 15 is 0 Å². The number of nitrogens with zero attached hydrogens (tertiary/aromatic N) is 1. The molecule has 0 radical (unpaired) electrons. The molecule has 1 fully saturated rings. The molecule has 1 heterocycles. The Morgan fingerprint density at radius 1 is 1.33 bits per heavy atom. The topological polar surface area (TPSA) is 61.4 Å². The molecule has 108 valence electrons. The van der Waals surface area contributed by atoms with Crippen LogP contribution in [0.2, 0.25) is 0 Å². The van der Waals surface area contributed by atoms with E-state index in [2.05, 4.69) is 35.8 Å². The number of piperidine rings is 1. The van der Waals surface area contributed by atoms with Crippen LogP contribution in [-0.4, -0.2) is 58.3 Å². The average molecular weight is 277 g/mol. The van der Waals surface area contributed by atoms with Gasteiger partial charge in [0, 0.05) is 19.1 Å². The quantitative estimate of drug-likeness (QED) is 0.655. The van der Waals surface area contributed by atoms with Crippen molar-refractivity contribution in [2.75, 3.05) is 39.0 Å². The Hall–Kier alpha value is -0.170. The second kappa shape index (κ2) is 7.43. The minimum Gasteiger partial charge on any atom is -0.316 e. The third-order valence-electron chi connectivity index (χ3n) is 3.41. The highest BCUT2D eigenvalue weighted by Crippen LogP contribution is 2.16. The fraction of sp³-hybridized carbons (Fsp3) is 1.00. The lowest BCUT2D eigenvalue weighted by Crippen LogP contribution is -2.49. The maximum absolute atomic E-state index is 11.9. The van der Waals surface area contributed by atoms with E-state index in [0.717, 1.165) is 32.5 Å². The van der Waals surface area contributed by atoms with E-state index in [1.807, 2.05) is 0 Å². The van der Waals surface area contributed by atoms with Crippen molar-refractivity contribution < 1.29 is 8.42 Å². The van der Waals surface area contributed by atoms with Crippen LogP contribution in [0.15, 0.2) is 0 Å². The molecule has 0 aliphatic carbocycles. The molecule has 0 bridgehead atoms. The number of nitrogens with one attached hydrogen (secondary N) is 2.